The van der Waals surface area contributed by atoms with Gasteiger partial charge in [0.25, 0.3) is 19.7 Å². The van der Waals surface area contributed by atoms with Crippen LogP contribution in [0.4, 0.5) is 26.3 Å². The van der Waals surface area contributed by atoms with E-state index in [4.69, 9.17) is 9.47 Å². The van der Waals surface area contributed by atoms with Gasteiger partial charge in [-0.3, -0.25) is 0 Å². The summed E-state index contributed by atoms with van der Waals surface area (Å²) in [5.74, 6) is -1.92. The Morgan fingerprint density at radius 3 is 1.47 bits per heavy atom. The van der Waals surface area contributed by atoms with Crippen LogP contribution < -0.4 is 9.47 Å². The smallest absolute Gasteiger partial charge is 0.465 e. The van der Waals surface area contributed by atoms with Gasteiger partial charge in [-0.15, -0.1) is 0 Å². The first-order chi connectivity index (χ1) is 17.5. The van der Waals surface area contributed by atoms with Crippen LogP contribution >= 0.6 is 0 Å². The molecule has 0 radical (unpaired) electrons. The van der Waals surface area contributed by atoms with Crippen LogP contribution in [0.5, 0.6) is 23.0 Å². The number of esters is 1. The zero-order valence-corrected chi connectivity index (χ0v) is 20.3. The highest BCUT2D eigenvalue weighted by molar-refractivity contribution is 7.92. The Labute approximate surface area is 211 Å². The number of carbonyl (C=O) groups is 1. The number of hydrogen-bond acceptors (Lipinski definition) is 8. The van der Waals surface area contributed by atoms with Crippen molar-refractivity contribution in [3.8, 4) is 23.0 Å². The number of carbonyl (C=O) groups excluding carboxylic acids is 1. The molecule has 204 valence electrons. The first kappa shape index (κ1) is 28.8. The molecule has 0 fully saturated rings. The summed E-state index contributed by atoms with van der Waals surface area (Å²) in [5, 5.41) is 0. The average Bonchev–Trinajstić information content (AvgIpc) is 2.84. The second-order valence-electron chi connectivity index (χ2n) is 7.17. The Morgan fingerprint density at radius 1 is 0.658 bits per heavy atom. The van der Waals surface area contributed by atoms with E-state index in [9.17, 15) is 48.0 Å². The number of methoxy groups -OCH3 is 1. The minimum atomic E-state index is -5.63. The lowest BCUT2D eigenvalue weighted by atomic mass is 10.2. The van der Waals surface area contributed by atoms with E-state index in [0.29, 0.717) is 24.3 Å². The van der Waals surface area contributed by atoms with Crippen molar-refractivity contribution in [3.05, 3.63) is 72.3 Å². The normalized spacial score (nSPS) is 12.6. The van der Waals surface area contributed by atoms with Gasteiger partial charge in [-0.25, -0.2) is 21.6 Å². The van der Waals surface area contributed by atoms with Crippen LogP contribution in [-0.2, 0) is 24.4 Å². The van der Waals surface area contributed by atoms with E-state index in [-0.39, 0.29) is 28.6 Å². The molecule has 0 amide bonds. The fraction of sp³-hybridized carbons (Fsp3) is 0.136. The van der Waals surface area contributed by atoms with Gasteiger partial charge in [0.15, 0.2) is 11.5 Å². The predicted molar refractivity (Wildman–Crippen MR) is 117 cm³/mol. The average molecular weight is 584 g/mol. The monoisotopic (exact) mass is 584 g/mol. The van der Waals surface area contributed by atoms with E-state index in [1.165, 1.54) is 18.2 Å². The van der Waals surface area contributed by atoms with Crippen molar-refractivity contribution in [2.45, 2.75) is 20.8 Å². The van der Waals surface area contributed by atoms with E-state index in [1.54, 1.807) is 0 Å². The maximum atomic E-state index is 12.8. The zero-order chi connectivity index (χ0) is 28.5. The standard InChI is InChI=1S/C22H14F6O8S2/c1-34-20(29)17-3-2-4-18(35-13-5-9-15(10-6-13)37(30,31)21(23,24)25)19(17)36-14-7-11-16(12-8-14)38(32,33)22(26,27)28/h2-12H,1H3. The number of alkyl halides is 6. The third kappa shape index (κ3) is 5.70. The highest BCUT2D eigenvalue weighted by atomic mass is 32.2. The number of ether oxygens (including phenoxy) is 3. The third-order valence-electron chi connectivity index (χ3n) is 4.71. The maximum Gasteiger partial charge on any atom is 0.501 e. The molecule has 0 aliphatic heterocycles. The molecule has 0 unspecified atom stereocenters. The number of rotatable bonds is 7. The molecule has 0 saturated carbocycles. The second-order valence-corrected chi connectivity index (χ2v) is 11.1. The highest BCUT2D eigenvalue weighted by Crippen LogP contribution is 2.40. The molecule has 0 saturated heterocycles. The van der Waals surface area contributed by atoms with E-state index < -0.39 is 46.5 Å². The number of halogens is 6. The Hall–Kier alpha value is -3.79. The summed E-state index contributed by atoms with van der Waals surface area (Å²) in [6, 6.07) is 9.91. The van der Waals surface area contributed by atoms with Gasteiger partial charge in [0, 0.05) is 0 Å². The maximum absolute atomic E-state index is 12.8. The lowest BCUT2D eigenvalue weighted by Gasteiger charge is -2.16. The van der Waals surface area contributed by atoms with Gasteiger partial charge in [0.2, 0.25) is 0 Å². The summed E-state index contributed by atoms with van der Waals surface area (Å²) >= 11 is 0. The Bertz CT molecular complexity index is 1550. The van der Waals surface area contributed by atoms with Gasteiger partial charge in [0.1, 0.15) is 17.1 Å². The summed E-state index contributed by atoms with van der Waals surface area (Å²) in [6.45, 7) is 0. The quantitative estimate of drug-likeness (QED) is 0.259. The lowest BCUT2D eigenvalue weighted by molar-refractivity contribution is -0.0442. The third-order valence-corrected chi connectivity index (χ3v) is 7.71. The van der Waals surface area contributed by atoms with Crippen LogP contribution in [0, 0.1) is 0 Å². The molecule has 0 bridgehead atoms. The van der Waals surface area contributed by atoms with E-state index in [1.807, 2.05) is 0 Å². The highest BCUT2D eigenvalue weighted by Gasteiger charge is 2.47. The van der Waals surface area contributed by atoms with E-state index >= 15 is 0 Å². The predicted octanol–water partition coefficient (Wildman–Crippen LogP) is 5.64. The molecule has 0 heterocycles. The summed E-state index contributed by atoms with van der Waals surface area (Å²) in [4.78, 5) is 10.1. The molecule has 3 aromatic rings. The molecule has 38 heavy (non-hydrogen) atoms. The van der Waals surface area contributed by atoms with Crippen molar-refractivity contribution in [1.29, 1.82) is 0 Å². The van der Waals surface area contributed by atoms with E-state index in [2.05, 4.69) is 4.74 Å². The van der Waals surface area contributed by atoms with Crippen molar-refractivity contribution in [3.63, 3.8) is 0 Å². The topological polar surface area (TPSA) is 113 Å². The minimum Gasteiger partial charge on any atom is -0.465 e. The molecular formula is C22H14F6O8S2. The molecule has 0 atom stereocenters. The molecule has 16 heteroatoms. The molecule has 8 nitrogen and oxygen atoms in total. The summed E-state index contributed by atoms with van der Waals surface area (Å²) in [5.41, 5.74) is -11.3. The van der Waals surface area contributed by atoms with Crippen molar-refractivity contribution < 1.29 is 62.2 Å². The van der Waals surface area contributed by atoms with Crippen LogP contribution in [0.25, 0.3) is 0 Å². The molecule has 3 rings (SSSR count). The number of sulfone groups is 2. The van der Waals surface area contributed by atoms with Crippen molar-refractivity contribution in [1.82, 2.24) is 0 Å². The summed E-state index contributed by atoms with van der Waals surface area (Å²) < 4.78 is 139. The fourth-order valence-electron chi connectivity index (χ4n) is 2.86. The molecule has 3 aromatic carbocycles. The first-order valence-corrected chi connectivity index (χ1v) is 12.9. The molecule has 0 aliphatic carbocycles. The Morgan fingerprint density at radius 2 is 1.08 bits per heavy atom. The molecule has 0 N–H and O–H groups in total. The van der Waals surface area contributed by atoms with Crippen LogP contribution in [0.3, 0.4) is 0 Å². The summed E-state index contributed by atoms with van der Waals surface area (Å²) in [6.07, 6.45) is 0. The van der Waals surface area contributed by atoms with Gasteiger partial charge >= 0.3 is 17.0 Å². The Balaban J connectivity index is 1.98. The molecule has 0 spiro atoms. The molecule has 0 aromatic heterocycles. The zero-order valence-electron chi connectivity index (χ0n) is 18.7. The van der Waals surface area contributed by atoms with E-state index in [0.717, 1.165) is 31.4 Å². The molecular weight excluding hydrogens is 570 g/mol. The van der Waals surface area contributed by atoms with Crippen molar-refractivity contribution in [2.24, 2.45) is 0 Å². The number of benzene rings is 3. The first-order valence-electron chi connectivity index (χ1n) is 9.89. The summed E-state index contributed by atoms with van der Waals surface area (Å²) in [7, 11) is -10.2. The fourth-order valence-corrected chi connectivity index (χ4v) is 4.38. The van der Waals surface area contributed by atoms with Crippen molar-refractivity contribution >= 4 is 25.6 Å². The SMILES string of the molecule is COC(=O)c1cccc(Oc2ccc(S(=O)(=O)C(F)(F)F)cc2)c1Oc1ccc(S(=O)(=O)C(F)(F)F)cc1. The van der Waals surface area contributed by atoms with Gasteiger partial charge in [-0.2, -0.15) is 26.3 Å². The lowest BCUT2D eigenvalue weighted by Crippen LogP contribution is -2.23. The number of para-hydroxylation sites is 1. The Kier molecular flexibility index (Phi) is 7.70. The van der Waals surface area contributed by atoms with Gasteiger partial charge < -0.3 is 14.2 Å². The van der Waals surface area contributed by atoms with Crippen LogP contribution in [0.15, 0.2) is 76.5 Å². The van der Waals surface area contributed by atoms with Crippen LogP contribution in [0.2, 0.25) is 0 Å². The van der Waals surface area contributed by atoms with Crippen LogP contribution in [0.1, 0.15) is 10.4 Å². The number of hydrogen-bond donors (Lipinski definition) is 0. The van der Waals surface area contributed by atoms with Gasteiger partial charge in [-0.1, -0.05) is 6.07 Å². The largest absolute Gasteiger partial charge is 0.501 e. The van der Waals surface area contributed by atoms with Crippen LogP contribution in [-0.4, -0.2) is 40.9 Å². The molecule has 0 aliphatic rings. The second kappa shape index (κ2) is 10.2. The van der Waals surface area contributed by atoms with Gasteiger partial charge in [0.05, 0.1) is 16.9 Å². The van der Waals surface area contributed by atoms with Gasteiger partial charge in [-0.05, 0) is 60.7 Å². The van der Waals surface area contributed by atoms with Crippen molar-refractivity contribution in [2.75, 3.05) is 7.11 Å². The minimum absolute atomic E-state index is 0.176.